The first-order chi connectivity index (χ1) is 10.1. The standard InChI is InChI=1S/C15H19N3O3/c1-2-9-16-15(19)12-7-10-17(11-8-12)13-5-3-4-6-14(13)18(20)21/h2-6,12H,1,7-11H2,(H,16,19). The van der Waals surface area contributed by atoms with E-state index in [-0.39, 0.29) is 22.4 Å². The van der Waals surface area contributed by atoms with Crippen LogP contribution in [-0.2, 0) is 4.79 Å². The van der Waals surface area contributed by atoms with Crippen molar-refractivity contribution in [1.29, 1.82) is 0 Å². The second kappa shape index (κ2) is 6.88. The van der Waals surface area contributed by atoms with Crippen molar-refractivity contribution in [3.05, 3.63) is 47.0 Å². The van der Waals surface area contributed by atoms with E-state index >= 15 is 0 Å². The third-order valence-electron chi connectivity index (χ3n) is 3.71. The number of nitro groups is 1. The third kappa shape index (κ3) is 3.59. The summed E-state index contributed by atoms with van der Waals surface area (Å²) in [6, 6.07) is 6.73. The zero-order valence-corrected chi connectivity index (χ0v) is 11.8. The summed E-state index contributed by atoms with van der Waals surface area (Å²) < 4.78 is 0. The predicted molar refractivity (Wildman–Crippen MR) is 81.2 cm³/mol. The van der Waals surface area contributed by atoms with E-state index in [2.05, 4.69) is 11.9 Å². The minimum absolute atomic E-state index is 0.0241. The highest BCUT2D eigenvalue weighted by Gasteiger charge is 2.27. The van der Waals surface area contributed by atoms with Crippen molar-refractivity contribution in [2.75, 3.05) is 24.5 Å². The summed E-state index contributed by atoms with van der Waals surface area (Å²) in [4.78, 5) is 24.6. The number of hydrogen-bond donors (Lipinski definition) is 1. The van der Waals surface area contributed by atoms with Crippen LogP contribution in [0.25, 0.3) is 0 Å². The number of para-hydroxylation sites is 2. The first-order valence-electron chi connectivity index (χ1n) is 7.00. The van der Waals surface area contributed by atoms with Gasteiger partial charge in [0.05, 0.1) is 4.92 Å². The monoisotopic (exact) mass is 289 g/mol. The van der Waals surface area contributed by atoms with Crippen LogP contribution < -0.4 is 10.2 Å². The van der Waals surface area contributed by atoms with Gasteiger partial charge in [-0.3, -0.25) is 14.9 Å². The number of anilines is 1. The molecule has 0 unspecified atom stereocenters. The average molecular weight is 289 g/mol. The summed E-state index contributed by atoms with van der Waals surface area (Å²) in [5.74, 6) is 0.0149. The Morgan fingerprint density at radius 2 is 2.10 bits per heavy atom. The number of carbonyl (C=O) groups is 1. The summed E-state index contributed by atoms with van der Waals surface area (Å²) in [7, 11) is 0. The molecule has 0 saturated carbocycles. The number of benzene rings is 1. The van der Waals surface area contributed by atoms with Crippen molar-refractivity contribution in [2.24, 2.45) is 5.92 Å². The quantitative estimate of drug-likeness (QED) is 0.512. The van der Waals surface area contributed by atoms with Crippen molar-refractivity contribution in [3.8, 4) is 0 Å². The summed E-state index contributed by atoms with van der Waals surface area (Å²) >= 11 is 0. The zero-order valence-electron chi connectivity index (χ0n) is 11.8. The van der Waals surface area contributed by atoms with Crippen LogP contribution in [0.3, 0.4) is 0 Å². The molecule has 21 heavy (non-hydrogen) atoms. The molecule has 1 amide bonds. The highest BCUT2D eigenvalue weighted by Crippen LogP contribution is 2.31. The molecule has 0 aliphatic carbocycles. The molecule has 1 fully saturated rings. The maximum atomic E-state index is 11.9. The predicted octanol–water partition coefficient (Wildman–Crippen LogP) is 2.11. The van der Waals surface area contributed by atoms with Crippen LogP contribution >= 0.6 is 0 Å². The maximum absolute atomic E-state index is 11.9. The first kappa shape index (κ1) is 15.0. The number of nitro benzene ring substituents is 1. The summed E-state index contributed by atoms with van der Waals surface area (Å²) in [6.45, 7) is 5.34. The van der Waals surface area contributed by atoms with E-state index in [0.717, 1.165) is 0 Å². The van der Waals surface area contributed by atoms with Gasteiger partial charge < -0.3 is 10.2 Å². The Bertz CT molecular complexity index is 537. The van der Waals surface area contributed by atoms with Gasteiger partial charge in [-0.25, -0.2) is 0 Å². The molecule has 1 heterocycles. The van der Waals surface area contributed by atoms with E-state index < -0.39 is 0 Å². The topological polar surface area (TPSA) is 75.5 Å². The van der Waals surface area contributed by atoms with Crippen molar-refractivity contribution in [2.45, 2.75) is 12.8 Å². The molecular formula is C15H19N3O3. The van der Waals surface area contributed by atoms with Crippen molar-refractivity contribution >= 4 is 17.3 Å². The Balaban J connectivity index is 2.00. The summed E-state index contributed by atoms with van der Waals surface area (Å²) in [6.07, 6.45) is 3.06. The fraction of sp³-hybridized carbons (Fsp3) is 0.400. The Morgan fingerprint density at radius 1 is 1.43 bits per heavy atom. The molecule has 1 aromatic rings. The van der Waals surface area contributed by atoms with Gasteiger partial charge in [0.1, 0.15) is 5.69 Å². The smallest absolute Gasteiger partial charge is 0.292 e. The molecule has 0 spiro atoms. The zero-order chi connectivity index (χ0) is 15.2. The molecule has 1 aliphatic rings. The fourth-order valence-electron chi connectivity index (χ4n) is 2.59. The maximum Gasteiger partial charge on any atom is 0.292 e. The van der Waals surface area contributed by atoms with Gasteiger partial charge in [-0.05, 0) is 18.9 Å². The number of amides is 1. The van der Waals surface area contributed by atoms with Gasteiger partial charge in [0, 0.05) is 31.6 Å². The average Bonchev–Trinajstić information content (AvgIpc) is 2.52. The number of carbonyl (C=O) groups excluding carboxylic acids is 1. The third-order valence-corrected chi connectivity index (χ3v) is 3.71. The second-order valence-electron chi connectivity index (χ2n) is 5.04. The molecule has 6 nitrogen and oxygen atoms in total. The molecular weight excluding hydrogens is 270 g/mol. The van der Waals surface area contributed by atoms with Crippen molar-refractivity contribution in [1.82, 2.24) is 5.32 Å². The van der Waals surface area contributed by atoms with E-state index in [1.165, 1.54) is 6.07 Å². The van der Waals surface area contributed by atoms with Crippen LogP contribution in [0.2, 0.25) is 0 Å². The number of nitrogens with one attached hydrogen (secondary N) is 1. The Hall–Kier alpha value is -2.37. The van der Waals surface area contributed by atoms with E-state index in [1.807, 2.05) is 4.90 Å². The highest BCUT2D eigenvalue weighted by atomic mass is 16.6. The van der Waals surface area contributed by atoms with Gasteiger partial charge in [0.2, 0.25) is 5.91 Å². The van der Waals surface area contributed by atoms with E-state index in [0.29, 0.717) is 38.2 Å². The molecule has 0 bridgehead atoms. The van der Waals surface area contributed by atoms with Crippen molar-refractivity contribution in [3.63, 3.8) is 0 Å². The summed E-state index contributed by atoms with van der Waals surface area (Å²) in [5.41, 5.74) is 0.750. The molecule has 0 aromatic heterocycles. The van der Waals surface area contributed by atoms with E-state index in [4.69, 9.17) is 0 Å². The number of nitrogens with zero attached hydrogens (tertiary/aromatic N) is 2. The van der Waals surface area contributed by atoms with E-state index in [9.17, 15) is 14.9 Å². The van der Waals surface area contributed by atoms with E-state index in [1.54, 1.807) is 24.3 Å². The molecule has 1 aromatic carbocycles. The van der Waals surface area contributed by atoms with Crippen molar-refractivity contribution < 1.29 is 9.72 Å². The Kier molecular flexibility index (Phi) is 4.92. The van der Waals surface area contributed by atoms with Gasteiger partial charge in [-0.15, -0.1) is 6.58 Å². The molecule has 0 atom stereocenters. The number of hydrogen-bond acceptors (Lipinski definition) is 4. The van der Waals surface area contributed by atoms with Crippen LogP contribution in [0.4, 0.5) is 11.4 Å². The molecule has 1 aliphatic heterocycles. The van der Waals surface area contributed by atoms with Gasteiger partial charge in [0.15, 0.2) is 0 Å². The number of piperidine rings is 1. The molecule has 0 radical (unpaired) electrons. The van der Waals surface area contributed by atoms with Crippen LogP contribution in [0.1, 0.15) is 12.8 Å². The highest BCUT2D eigenvalue weighted by molar-refractivity contribution is 5.79. The second-order valence-corrected chi connectivity index (χ2v) is 5.04. The molecule has 112 valence electrons. The Labute approximate surface area is 123 Å². The molecule has 6 heteroatoms. The van der Waals surface area contributed by atoms with Gasteiger partial charge in [-0.1, -0.05) is 18.2 Å². The molecule has 2 rings (SSSR count). The largest absolute Gasteiger partial charge is 0.366 e. The fourth-order valence-corrected chi connectivity index (χ4v) is 2.59. The van der Waals surface area contributed by atoms with Crippen LogP contribution in [0.15, 0.2) is 36.9 Å². The lowest BCUT2D eigenvalue weighted by Gasteiger charge is -2.32. The van der Waals surface area contributed by atoms with Gasteiger partial charge in [-0.2, -0.15) is 0 Å². The molecule has 1 N–H and O–H groups in total. The SMILES string of the molecule is C=CCNC(=O)C1CCN(c2ccccc2[N+](=O)[O-])CC1. The normalized spacial score (nSPS) is 15.5. The van der Waals surface area contributed by atoms with Gasteiger partial charge in [0.25, 0.3) is 5.69 Å². The lowest BCUT2D eigenvalue weighted by atomic mass is 9.95. The first-order valence-corrected chi connectivity index (χ1v) is 7.00. The number of rotatable bonds is 5. The Morgan fingerprint density at radius 3 is 2.71 bits per heavy atom. The lowest BCUT2D eigenvalue weighted by molar-refractivity contribution is -0.384. The minimum Gasteiger partial charge on any atom is -0.366 e. The summed E-state index contributed by atoms with van der Waals surface area (Å²) in [5, 5.41) is 13.9. The minimum atomic E-state index is -0.363. The van der Waals surface area contributed by atoms with Crippen LogP contribution in [0, 0.1) is 16.0 Å². The van der Waals surface area contributed by atoms with Crippen LogP contribution in [0.5, 0.6) is 0 Å². The van der Waals surface area contributed by atoms with Crippen LogP contribution in [-0.4, -0.2) is 30.5 Å². The molecule has 1 saturated heterocycles. The van der Waals surface area contributed by atoms with Gasteiger partial charge >= 0.3 is 0 Å². The lowest BCUT2D eigenvalue weighted by Crippen LogP contribution is -2.40.